The molecule has 0 radical (unpaired) electrons. The highest BCUT2D eigenvalue weighted by molar-refractivity contribution is 6.35. The summed E-state index contributed by atoms with van der Waals surface area (Å²) in [5, 5.41) is 11.9. The van der Waals surface area contributed by atoms with Crippen LogP contribution < -0.4 is 5.32 Å². The van der Waals surface area contributed by atoms with Crippen LogP contribution in [0.3, 0.4) is 0 Å². The molecule has 5 heteroatoms. The van der Waals surface area contributed by atoms with Crippen molar-refractivity contribution in [2.24, 2.45) is 0 Å². The molecule has 1 aromatic carbocycles. The Morgan fingerprint density at radius 1 is 1.22 bits per heavy atom. The van der Waals surface area contributed by atoms with Gasteiger partial charge in [-0.25, -0.2) is 4.79 Å². The number of carboxylic acids is 1. The van der Waals surface area contributed by atoms with E-state index < -0.39 is 5.97 Å². The summed E-state index contributed by atoms with van der Waals surface area (Å²) >= 11 is 0. The number of hydrogen-bond donors (Lipinski definition) is 3. The molecular formula is C18H18N2O3. The highest BCUT2D eigenvalue weighted by Crippen LogP contribution is 2.34. The molecule has 1 aromatic heterocycles. The van der Waals surface area contributed by atoms with Crippen LogP contribution in [0.15, 0.2) is 24.3 Å². The molecule has 0 atom stereocenters. The summed E-state index contributed by atoms with van der Waals surface area (Å²) in [7, 11) is 0. The third kappa shape index (κ3) is 2.65. The fourth-order valence-electron chi connectivity index (χ4n) is 2.80. The van der Waals surface area contributed by atoms with Gasteiger partial charge in [-0.15, -0.1) is 0 Å². The molecule has 1 amide bonds. The summed E-state index contributed by atoms with van der Waals surface area (Å²) in [5.41, 5.74) is 5.10. The summed E-state index contributed by atoms with van der Waals surface area (Å²) in [4.78, 5) is 26.7. The maximum atomic E-state index is 12.3. The van der Waals surface area contributed by atoms with Crippen molar-refractivity contribution in [3.63, 3.8) is 0 Å². The molecule has 1 aliphatic rings. The van der Waals surface area contributed by atoms with Crippen LogP contribution in [0, 0.1) is 0 Å². The molecule has 0 aliphatic carbocycles. The summed E-state index contributed by atoms with van der Waals surface area (Å²) in [6, 6.07) is 6.76. The predicted octanol–water partition coefficient (Wildman–Crippen LogP) is 3.33. The molecule has 2 aromatic rings. The minimum Gasteiger partial charge on any atom is -0.478 e. The van der Waals surface area contributed by atoms with Crippen LogP contribution in [0.5, 0.6) is 0 Å². The van der Waals surface area contributed by atoms with Gasteiger partial charge in [-0.2, -0.15) is 0 Å². The lowest BCUT2D eigenvalue weighted by Crippen LogP contribution is -2.03. The minimum atomic E-state index is -1.01. The first-order chi connectivity index (χ1) is 11.0. The second-order valence-electron chi connectivity index (χ2n) is 5.52. The average molecular weight is 310 g/mol. The number of rotatable bonds is 4. The number of fused-ring (bicyclic) bond motifs is 1. The van der Waals surface area contributed by atoms with Crippen molar-refractivity contribution in [2.45, 2.75) is 26.7 Å². The number of aromatic carboxylic acids is 1. The molecule has 3 N–H and O–H groups in total. The third-order valence-corrected chi connectivity index (χ3v) is 4.09. The number of benzene rings is 1. The smallest absolute Gasteiger partial charge is 0.335 e. The predicted molar refractivity (Wildman–Crippen MR) is 89.5 cm³/mol. The number of hydrogen-bond acceptors (Lipinski definition) is 2. The Hall–Kier alpha value is -2.82. The first-order valence-electron chi connectivity index (χ1n) is 7.65. The van der Waals surface area contributed by atoms with Crippen molar-refractivity contribution in [3.05, 3.63) is 52.3 Å². The van der Waals surface area contributed by atoms with E-state index in [1.807, 2.05) is 6.08 Å². The highest BCUT2D eigenvalue weighted by Gasteiger charge is 2.25. The van der Waals surface area contributed by atoms with E-state index in [-0.39, 0.29) is 11.5 Å². The van der Waals surface area contributed by atoms with Gasteiger partial charge >= 0.3 is 5.97 Å². The zero-order chi connectivity index (χ0) is 16.6. The van der Waals surface area contributed by atoms with E-state index in [0.717, 1.165) is 29.8 Å². The SMILES string of the molecule is CCc1cc(CC)c(/C=C2\C(=O)Nc3ccc(C(=O)O)cc32)[nH]1. The van der Waals surface area contributed by atoms with Gasteiger partial charge in [-0.05, 0) is 48.7 Å². The maximum Gasteiger partial charge on any atom is 0.335 e. The first-order valence-corrected chi connectivity index (χ1v) is 7.65. The number of carbonyl (C=O) groups excluding carboxylic acids is 1. The molecule has 118 valence electrons. The van der Waals surface area contributed by atoms with Crippen LogP contribution in [0.25, 0.3) is 11.6 Å². The number of aromatic amines is 1. The molecule has 5 nitrogen and oxygen atoms in total. The van der Waals surface area contributed by atoms with Gasteiger partial charge in [0.25, 0.3) is 5.91 Å². The minimum absolute atomic E-state index is 0.169. The molecule has 23 heavy (non-hydrogen) atoms. The number of aromatic nitrogens is 1. The zero-order valence-electron chi connectivity index (χ0n) is 13.1. The van der Waals surface area contributed by atoms with E-state index in [9.17, 15) is 9.59 Å². The Labute approximate surface area is 134 Å². The Morgan fingerprint density at radius 3 is 2.65 bits per heavy atom. The summed E-state index contributed by atoms with van der Waals surface area (Å²) < 4.78 is 0. The van der Waals surface area contributed by atoms with Crippen molar-refractivity contribution in [2.75, 3.05) is 5.32 Å². The standard InChI is InChI=1S/C18H18N2O3/c1-3-10-7-12(4-2)19-16(10)9-14-13-8-11(18(22)23)5-6-15(13)20-17(14)21/h5-9,19H,3-4H2,1-2H3,(H,20,21)(H,22,23)/b14-9-. The fourth-order valence-corrected chi connectivity index (χ4v) is 2.80. The number of carbonyl (C=O) groups is 2. The Morgan fingerprint density at radius 2 is 2.00 bits per heavy atom. The molecule has 0 saturated carbocycles. The zero-order valence-corrected chi connectivity index (χ0v) is 13.1. The molecule has 0 spiro atoms. The van der Waals surface area contributed by atoms with Crippen molar-refractivity contribution in [3.8, 4) is 0 Å². The molecule has 0 fully saturated rings. The van der Waals surface area contributed by atoms with Crippen molar-refractivity contribution in [1.82, 2.24) is 4.98 Å². The molecule has 2 heterocycles. The van der Waals surface area contributed by atoms with Gasteiger partial charge in [0.05, 0.1) is 11.1 Å². The van der Waals surface area contributed by atoms with Crippen LogP contribution in [0.1, 0.15) is 46.7 Å². The first kappa shape index (κ1) is 15.1. The normalized spacial score (nSPS) is 14.9. The van der Waals surface area contributed by atoms with Crippen LogP contribution in [-0.2, 0) is 17.6 Å². The Balaban J connectivity index is 2.11. The molecular weight excluding hydrogens is 292 g/mol. The van der Waals surface area contributed by atoms with Crippen molar-refractivity contribution >= 4 is 29.2 Å². The monoisotopic (exact) mass is 310 g/mol. The number of nitrogens with one attached hydrogen (secondary N) is 2. The van der Waals surface area contributed by atoms with E-state index in [1.165, 1.54) is 12.1 Å². The summed E-state index contributed by atoms with van der Waals surface area (Å²) in [5.74, 6) is -1.22. The van der Waals surface area contributed by atoms with E-state index in [1.54, 1.807) is 6.07 Å². The number of carboxylic acid groups (broad SMARTS) is 1. The summed E-state index contributed by atoms with van der Waals surface area (Å²) in [6.07, 6.45) is 3.56. The van der Waals surface area contributed by atoms with Crippen LogP contribution in [0.2, 0.25) is 0 Å². The largest absolute Gasteiger partial charge is 0.478 e. The highest BCUT2D eigenvalue weighted by atomic mass is 16.4. The summed E-state index contributed by atoms with van der Waals surface area (Å²) in [6.45, 7) is 4.13. The van der Waals surface area contributed by atoms with E-state index in [2.05, 4.69) is 30.2 Å². The average Bonchev–Trinajstić information content (AvgIpc) is 3.08. The second kappa shape index (κ2) is 5.76. The molecule has 3 rings (SSSR count). The van der Waals surface area contributed by atoms with Gasteiger partial charge in [0, 0.05) is 22.6 Å². The van der Waals surface area contributed by atoms with Gasteiger partial charge < -0.3 is 15.4 Å². The van der Waals surface area contributed by atoms with E-state index >= 15 is 0 Å². The van der Waals surface area contributed by atoms with Crippen LogP contribution in [0.4, 0.5) is 5.69 Å². The second-order valence-corrected chi connectivity index (χ2v) is 5.52. The molecule has 1 aliphatic heterocycles. The number of aryl methyl sites for hydroxylation is 2. The number of H-pyrrole nitrogens is 1. The quantitative estimate of drug-likeness (QED) is 0.758. The van der Waals surface area contributed by atoms with Gasteiger partial charge in [0.15, 0.2) is 0 Å². The fraction of sp³-hybridized carbons (Fsp3) is 0.222. The van der Waals surface area contributed by atoms with Crippen molar-refractivity contribution < 1.29 is 14.7 Å². The van der Waals surface area contributed by atoms with Gasteiger partial charge in [-0.1, -0.05) is 13.8 Å². The molecule has 0 unspecified atom stereocenters. The van der Waals surface area contributed by atoms with E-state index in [0.29, 0.717) is 16.8 Å². The van der Waals surface area contributed by atoms with Gasteiger partial charge in [0.1, 0.15) is 0 Å². The number of anilines is 1. The number of amides is 1. The third-order valence-electron chi connectivity index (χ3n) is 4.09. The van der Waals surface area contributed by atoms with Gasteiger partial charge in [0.2, 0.25) is 0 Å². The molecule has 0 bridgehead atoms. The van der Waals surface area contributed by atoms with E-state index in [4.69, 9.17) is 5.11 Å². The lowest BCUT2D eigenvalue weighted by Gasteiger charge is -2.01. The van der Waals surface area contributed by atoms with Gasteiger partial charge in [-0.3, -0.25) is 4.79 Å². The lowest BCUT2D eigenvalue weighted by atomic mass is 10.0. The Kier molecular flexibility index (Phi) is 3.78. The van der Waals surface area contributed by atoms with Crippen LogP contribution in [-0.4, -0.2) is 22.0 Å². The van der Waals surface area contributed by atoms with Crippen molar-refractivity contribution in [1.29, 1.82) is 0 Å². The topological polar surface area (TPSA) is 82.2 Å². The molecule has 0 saturated heterocycles. The Bertz CT molecular complexity index is 831. The lowest BCUT2D eigenvalue weighted by molar-refractivity contribution is -0.110. The maximum absolute atomic E-state index is 12.3. The van der Waals surface area contributed by atoms with Crippen LogP contribution >= 0.6 is 0 Å².